The van der Waals surface area contributed by atoms with Gasteiger partial charge in [-0.15, -0.1) is 0 Å². The second kappa shape index (κ2) is 7.05. The number of nitrogens with two attached hydrogens (primary N) is 1. The summed E-state index contributed by atoms with van der Waals surface area (Å²) in [5.74, 6) is 2.36. The summed E-state index contributed by atoms with van der Waals surface area (Å²) in [7, 11) is 7.25. The number of halogens is 1. The van der Waals surface area contributed by atoms with Crippen LogP contribution >= 0.6 is 15.9 Å². The van der Waals surface area contributed by atoms with Gasteiger partial charge in [0.1, 0.15) is 5.75 Å². The fraction of sp³-hybridized carbons (Fsp3) is 0.286. The molecule has 0 amide bonds. The van der Waals surface area contributed by atoms with E-state index in [2.05, 4.69) is 33.1 Å². The smallest absolute Gasteiger partial charge is 0.196 e. The van der Waals surface area contributed by atoms with E-state index in [0.717, 1.165) is 38.3 Å². The first-order valence-corrected chi connectivity index (χ1v) is 9.67. The first kappa shape index (κ1) is 18.7. The van der Waals surface area contributed by atoms with E-state index in [1.165, 1.54) is 0 Å². The van der Waals surface area contributed by atoms with Crippen LogP contribution in [-0.2, 0) is 0 Å². The van der Waals surface area contributed by atoms with Crippen molar-refractivity contribution in [1.82, 2.24) is 0 Å². The molecule has 2 aromatic carbocycles. The fourth-order valence-electron chi connectivity index (χ4n) is 3.57. The third kappa shape index (κ3) is 3.09. The molecule has 1 atom stereocenters. The van der Waals surface area contributed by atoms with Crippen LogP contribution in [0.5, 0.6) is 17.2 Å². The van der Waals surface area contributed by atoms with Crippen molar-refractivity contribution in [2.75, 3.05) is 39.8 Å². The minimum Gasteiger partial charge on any atom is -0.493 e. The number of hydrogen-bond donors (Lipinski definition) is 1. The Morgan fingerprint density at radius 2 is 1.93 bits per heavy atom. The minimum absolute atomic E-state index is 0.0997. The molecule has 0 saturated carbocycles. The predicted molar refractivity (Wildman–Crippen MR) is 114 cm³/mol. The number of ether oxygens (including phenoxy) is 3. The lowest BCUT2D eigenvalue weighted by Crippen LogP contribution is -2.24. The van der Waals surface area contributed by atoms with Gasteiger partial charge in [0.2, 0.25) is 0 Å². The van der Waals surface area contributed by atoms with Crippen LogP contribution in [0.1, 0.15) is 17.0 Å². The second-order valence-corrected chi connectivity index (χ2v) is 7.79. The SMILES string of the molecule is COc1cc(C2C(C3=NC3)=C(N)Oc3cc(N(C)C)ccc32)cc(Br)c1OC. The number of fused-ring (bicyclic) bond motifs is 1. The minimum atomic E-state index is -0.0997. The zero-order valence-electron chi connectivity index (χ0n) is 16.2. The molecule has 28 heavy (non-hydrogen) atoms. The van der Waals surface area contributed by atoms with Crippen LogP contribution in [0.3, 0.4) is 0 Å². The molecule has 6 nitrogen and oxygen atoms in total. The summed E-state index contributed by atoms with van der Waals surface area (Å²) in [5, 5.41) is 0. The molecule has 4 rings (SSSR count). The van der Waals surface area contributed by atoms with Crippen LogP contribution in [0.2, 0.25) is 0 Å². The predicted octanol–water partition coefficient (Wildman–Crippen LogP) is 3.68. The molecule has 0 saturated heterocycles. The molecule has 146 valence electrons. The van der Waals surface area contributed by atoms with Crippen molar-refractivity contribution >= 4 is 27.3 Å². The Morgan fingerprint density at radius 3 is 2.54 bits per heavy atom. The van der Waals surface area contributed by atoms with E-state index >= 15 is 0 Å². The molecule has 2 aromatic rings. The van der Waals surface area contributed by atoms with Crippen LogP contribution < -0.4 is 24.8 Å². The highest BCUT2D eigenvalue weighted by Gasteiger charge is 2.36. The van der Waals surface area contributed by atoms with Gasteiger partial charge < -0.3 is 24.8 Å². The van der Waals surface area contributed by atoms with E-state index < -0.39 is 0 Å². The van der Waals surface area contributed by atoms with Crippen LogP contribution in [0.15, 0.2) is 51.3 Å². The van der Waals surface area contributed by atoms with Crippen molar-refractivity contribution in [2.45, 2.75) is 5.92 Å². The van der Waals surface area contributed by atoms with Gasteiger partial charge in [0.15, 0.2) is 17.4 Å². The van der Waals surface area contributed by atoms with Gasteiger partial charge in [-0.3, -0.25) is 4.99 Å². The summed E-state index contributed by atoms with van der Waals surface area (Å²) in [6.45, 7) is 0.690. The highest BCUT2D eigenvalue weighted by atomic mass is 79.9. The van der Waals surface area contributed by atoms with Gasteiger partial charge in [0.25, 0.3) is 0 Å². The molecule has 0 aromatic heterocycles. The Morgan fingerprint density at radius 1 is 1.18 bits per heavy atom. The van der Waals surface area contributed by atoms with Crippen LogP contribution in [0.4, 0.5) is 5.69 Å². The molecule has 0 spiro atoms. The van der Waals surface area contributed by atoms with Crippen molar-refractivity contribution in [3.05, 3.63) is 57.4 Å². The summed E-state index contributed by atoms with van der Waals surface area (Å²) in [5.41, 5.74) is 11.4. The van der Waals surface area contributed by atoms with Crippen molar-refractivity contribution in [1.29, 1.82) is 0 Å². The van der Waals surface area contributed by atoms with Gasteiger partial charge in [-0.1, -0.05) is 6.07 Å². The molecule has 7 heteroatoms. The Balaban J connectivity index is 1.91. The third-order valence-corrected chi connectivity index (χ3v) is 5.60. The average Bonchev–Trinajstić information content (AvgIpc) is 3.50. The Labute approximate surface area is 172 Å². The first-order valence-electron chi connectivity index (χ1n) is 8.88. The van der Waals surface area contributed by atoms with E-state index in [1.807, 2.05) is 37.2 Å². The quantitative estimate of drug-likeness (QED) is 0.762. The molecule has 0 radical (unpaired) electrons. The van der Waals surface area contributed by atoms with E-state index in [4.69, 9.17) is 19.9 Å². The Hall–Kier alpha value is -2.67. The van der Waals surface area contributed by atoms with Gasteiger partial charge in [0, 0.05) is 42.9 Å². The second-order valence-electron chi connectivity index (χ2n) is 6.93. The molecule has 2 aliphatic rings. The Kier molecular flexibility index (Phi) is 4.71. The van der Waals surface area contributed by atoms with Gasteiger partial charge >= 0.3 is 0 Å². The van der Waals surface area contributed by atoms with E-state index in [9.17, 15) is 0 Å². The van der Waals surface area contributed by atoms with Crippen LogP contribution in [0, 0.1) is 0 Å². The molecule has 0 aliphatic carbocycles. The monoisotopic (exact) mass is 443 g/mol. The standard InChI is InChI=1S/C21H22BrN3O3/c1-25(2)12-5-6-13-16(9-12)28-21(23)19(15-10-24-15)18(13)11-7-14(22)20(27-4)17(8-11)26-3/h5-9,18H,10,23H2,1-4H3. The summed E-state index contributed by atoms with van der Waals surface area (Å²) >= 11 is 3.60. The number of anilines is 1. The van der Waals surface area contributed by atoms with Crippen LogP contribution in [0.25, 0.3) is 0 Å². The first-order chi connectivity index (χ1) is 13.4. The maximum absolute atomic E-state index is 6.35. The summed E-state index contributed by atoms with van der Waals surface area (Å²) < 4.78 is 17.8. The van der Waals surface area contributed by atoms with E-state index in [-0.39, 0.29) is 5.92 Å². The van der Waals surface area contributed by atoms with Crippen molar-refractivity contribution < 1.29 is 14.2 Å². The van der Waals surface area contributed by atoms with Gasteiger partial charge in [-0.05, 0) is 39.7 Å². The lowest BCUT2D eigenvalue weighted by Gasteiger charge is -2.30. The molecule has 2 aliphatic heterocycles. The average molecular weight is 444 g/mol. The van der Waals surface area contributed by atoms with Crippen molar-refractivity contribution in [3.8, 4) is 17.2 Å². The molecule has 2 heterocycles. The highest BCUT2D eigenvalue weighted by molar-refractivity contribution is 9.10. The summed E-state index contributed by atoms with van der Waals surface area (Å²) in [4.78, 5) is 6.43. The van der Waals surface area contributed by atoms with E-state index in [1.54, 1.807) is 14.2 Å². The number of aliphatic imine (C=N–C) groups is 1. The molecular weight excluding hydrogens is 422 g/mol. The number of nitrogens with zero attached hydrogens (tertiary/aromatic N) is 2. The Bertz CT molecular complexity index is 1010. The van der Waals surface area contributed by atoms with E-state index in [0.29, 0.717) is 23.9 Å². The topological polar surface area (TPSA) is 69.3 Å². The summed E-state index contributed by atoms with van der Waals surface area (Å²) in [6.07, 6.45) is 0. The maximum Gasteiger partial charge on any atom is 0.196 e. The number of hydrogen-bond acceptors (Lipinski definition) is 6. The molecule has 0 fully saturated rings. The molecule has 0 bridgehead atoms. The largest absolute Gasteiger partial charge is 0.493 e. The van der Waals surface area contributed by atoms with Gasteiger partial charge in [-0.2, -0.15) is 0 Å². The highest BCUT2D eigenvalue weighted by Crippen LogP contribution is 2.48. The van der Waals surface area contributed by atoms with Gasteiger partial charge in [0.05, 0.1) is 30.9 Å². The summed E-state index contributed by atoms with van der Waals surface area (Å²) in [6, 6.07) is 10.2. The number of rotatable bonds is 5. The number of benzene rings is 2. The molecule has 1 unspecified atom stereocenters. The molecule has 2 N–H and O–H groups in total. The molecular formula is C21H22BrN3O3. The lowest BCUT2D eigenvalue weighted by atomic mass is 9.81. The zero-order chi connectivity index (χ0) is 20.0. The normalized spacial score (nSPS) is 17.5. The lowest BCUT2D eigenvalue weighted by molar-refractivity contribution is 0.352. The van der Waals surface area contributed by atoms with Crippen molar-refractivity contribution in [3.63, 3.8) is 0 Å². The zero-order valence-corrected chi connectivity index (χ0v) is 17.8. The maximum atomic E-state index is 6.35. The van der Waals surface area contributed by atoms with Crippen molar-refractivity contribution in [2.24, 2.45) is 10.7 Å². The van der Waals surface area contributed by atoms with Gasteiger partial charge in [-0.25, -0.2) is 0 Å². The number of methoxy groups -OCH3 is 2. The van der Waals surface area contributed by atoms with Crippen LogP contribution in [-0.4, -0.2) is 40.6 Å². The fourth-order valence-corrected chi connectivity index (χ4v) is 4.19. The third-order valence-electron chi connectivity index (χ3n) is 5.01.